The molecule has 3 rings (SSSR count). The molecule has 0 amide bonds. The maximum Gasteiger partial charge on any atom is 0.387 e. The Balaban J connectivity index is 1.61. The van der Waals surface area contributed by atoms with Gasteiger partial charge in [-0.1, -0.05) is 6.07 Å². The maximum atomic E-state index is 12.5. The number of hydrogen-bond donors (Lipinski definition) is 1. The van der Waals surface area contributed by atoms with Gasteiger partial charge in [0.1, 0.15) is 5.75 Å². The molecule has 0 radical (unpaired) electrons. The van der Waals surface area contributed by atoms with E-state index in [1.54, 1.807) is 11.3 Å². The van der Waals surface area contributed by atoms with Crippen LogP contribution in [0.3, 0.4) is 0 Å². The van der Waals surface area contributed by atoms with Crippen molar-refractivity contribution in [3.63, 3.8) is 0 Å². The highest BCUT2D eigenvalue weighted by molar-refractivity contribution is 7.89. The molecule has 2 aromatic rings. The summed E-state index contributed by atoms with van der Waals surface area (Å²) >= 11 is 1.69. The second-order valence-electron chi connectivity index (χ2n) is 6.12. The van der Waals surface area contributed by atoms with E-state index >= 15 is 0 Å². The lowest BCUT2D eigenvalue weighted by molar-refractivity contribution is -0.0498. The molecular formula is C17H20F2N2O3S2. The number of halogens is 2. The second-order valence-corrected chi connectivity index (χ2v) is 8.87. The molecule has 1 fully saturated rings. The number of ether oxygens (including phenoxy) is 1. The fourth-order valence-electron chi connectivity index (χ4n) is 3.01. The van der Waals surface area contributed by atoms with Crippen LogP contribution in [-0.2, 0) is 16.6 Å². The van der Waals surface area contributed by atoms with Gasteiger partial charge in [0, 0.05) is 24.0 Å². The molecular weight excluding hydrogens is 382 g/mol. The second kappa shape index (κ2) is 8.43. The minimum Gasteiger partial charge on any atom is -0.435 e. The van der Waals surface area contributed by atoms with Crippen LogP contribution in [0, 0.1) is 0 Å². The van der Waals surface area contributed by atoms with Gasteiger partial charge in [-0.3, -0.25) is 4.90 Å². The maximum absolute atomic E-state index is 12.5. The first-order valence-electron chi connectivity index (χ1n) is 8.24. The Labute approximate surface area is 155 Å². The molecule has 26 heavy (non-hydrogen) atoms. The van der Waals surface area contributed by atoms with Gasteiger partial charge in [0.15, 0.2) is 0 Å². The number of benzene rings is 1. The summed E-state index contributed by atoms with van der Waals surface area (Å²) in [5.74, 6) is -0.0706. The summed E-state index contributed by atoms with van der Waals surface area (Å²) in [6.07, 6.45) is 1.69. The average Bonchev–Trinajstić information content (AvgIpc) is 3.07. The molecule has 1 aromatic carbocycles. The van der Waals surface area contributed by atoms with E-state index in [0.717, 1.165) is 25.9 Å². The highest BCUT2D eigenvalue weighted by atomic mass is 32.2. The van der Waals surface area contributed by atoms with Gasteiger partial charge in [0.25, 0.3) is 0 Å². The summed E-state index contributed by atoms with van der Waals surface area (Å²) in [4.78, 5) is 3.53. The number of alkyl halides is 2. The summed E-state index contributed by atoms with van der Waals surface area (Å²) in [7, 11) is -3.71. The van der Waals surface area contributed by atoms with Crippen molar-refractivity contribution in [3.8, 4) is 5.75 Å². The van der Waals surface area contributed by atoms with Gasteiger partial charge < -0.3 is 4.74 Å². The Hall–Kier alpha value is -1.55. The van der Waals surface area contributed by atoms with Crippen LogP contribution >= 0.6 is 11.3 Å². The summed E-state index contributed by atoms with van der Waals surface area (Å²) in [5.41, 5.74) is 0. The van der Waals surface area contributed by atoms with Crippen LogP contribution in [0.25, 0.3) is 0 Å². The van der Waals surface area contributed by atoms with Crippen molar-refractivity contribution in [2.75, 3.05) is 13.1 Å². The van der Waals surface area contributed by atoms with Gasteiger partial charge in [0.05, 0.1) is 4.90 Å². The molecule has 1 atom stereocenters. The Bertz CT molecular complexity index is 796. The third kappa shape index (κ3) is 5.23. The Morgan fingerprint density at radius 1 is 1.27 bits per heavy atom. The number of nitrogens with one attached hydrogen (secondary N) is 1. The van der Waals surface area contributed by atoms with E-state index in [1.165, 1.54) is 29.1 Å². The van der Waals surface area contributed by atoms with Gasteiger partial charge in [-0.2, -0.15) is 8.78 Å². The first-order chi connectivity index (χ1) is 12.4. The summed E-state index contributed by atoms with van der Waals surface area (Å²) in [6.45, 7) is -0.540. The zero-order valence-corrected chi connectivity index (χ0v) is 15.6. The number of hydrogen-bond acceptors (Lipinski definition) is 5. The SMILES string of the molecule is O=S(=O)(NC1CCCN(Cc2cccs2)C1)c1ccc(OC(F)F)cc1. The highest BCUT2D eigenvalue weighted by Gasteiger charge is 2.25. The van der Waals surface area contributed by atoms with Crippen molar-refractivity contribution in [1.82, 2.24) is 9.62 Å². The number of nitrogens with zero attached hydrogens (tertiary/aromatic N) is 1. The average molecular weight is 402 g/mol. The predicted octanol–water partition coefficient (Wildman–Crippen LogP) is 3.29. The lowest BCUT2D eigenvalue weighted by atomic mass is 10.1. The van der Waals surface area contributed by atoms with Gasteiger partial charge in [0.2, 0.25) is 10.0 Å². The number of piperidine rings is 1. The molecule has 142 valence electrons. The van der Waals surface area contributed by atoms with Crippen LogP contribution in [0.2, 0.25) is 0 Å². The van der Waals surface area contributed by atoms with Crippen molar-refractivity contribution in [1.29, 1.82) is 0 Å². The third-order valence-corrected chi connectivity index (χ3v) is 6.54. The van der Waals surface area contributed by atoms with Crippen LogP contribution in [-0.4, -0.2) is 39.1 Å². The van der Waals surface area contributed by atoms with Crippen LogP contribution in [0.1, 0.15) is 17.7 Å². The molecule has 1 N–H and O–H groups in total. The van der Waals surface area contributed by atoms with E-state index in [0.29, 0.717) is 6.54 Å². The first-order valence-corrected chi connectivity index (χ1v) is 10.6. The van der Waals surface area contributed by atoms with Crippen molar-refractivity contribution >= 4 is 21.4 Å². The molecule has 1 saturated heterocycles. The molecule has 0 spiro atoms. The minimum atomic E-state index is -3.71. The molecule has 5 nitrogen and oxygen atoms in total. The van der Waals surface area contributed by atoms with Crippen LogP contribution in [0.5, 0.6) is 5.75 Å². The van der Waals surface area contributed by atoms with E-state index in [-0.39, 0.29) is 16.7 Å². The fourth-order valence-corrected chi connectivity index (χ4v) is 5.01. The first kappa shape index (κ1) is 19.2. The number of thiophene rings is 1. The zero-order chi connectivity index (χ0) is 18.6. The number of sulfonamides is 1. The van der Waals surface area contributed by atoms with E-state index in [2.05, 4.69) is 20.4 Å². The topological polar surface area (TPSA) is 58.6 Å². The molecule has 1 unspecified atom stereocenters. The molecule has 1 aromatic heterocycles. The lowest BCUT2D eigenvalue weighted by Crippen LogP contribution is -2.47. The van der Waals surface area contributed by atoms with Crippen LogP contribution < -0.4 is 9.46 Å². The molecule has 0 saturated carbocycles. The molecule has 1 aliphatic rings. The Morgan fingerprint density at radius 3 is 2.69 bits per heavy atom. The fraction of sp³-hybridized carbons (Fsp3) is 0.412. The molecule has 9 heteroatoms. The highest BCUT2D eigenvalue weighted by Crippen LogP contribution is 2.20. The van der Waals surface area contributed by atoms with Gasteiger partial charge in [-0.05, 0) is 55.1 Å². The van der Waals surface area contributed by atoms with Crippen molar-refractivity contribution < 1.29 is 21.9 Å². The standard InChI is InChI=1S/C17H20F2N2O3S2/c18-17(19)24-14-5-7-16(8-6-14)26(22,23)20-13-3-1-9-21(11-13)12-15-4-2-10-25-15/h2,4-8,10,13,17,20H,1,3,9,11-12H2. The normalized spacial score (nSPS) is 19.0. The quantitative estimate of drug-likeness (QED) is 0.772. The summed E-state index contributed by atoms with van der Waals surface area (Å²) < 4.78 is 56.4. The van der Waals surface area contributed by atoms with E-state index in [4.69, 9.17) is 0 Å². The minimum absolute atomic E-state index is 0.0366. The third-order valence-electron chi connectivity index (χ3n) is 4.15. The summed E-state index contributed by atoms with van der Waals surface area (Å²) in [5, 5.41) is 2.03. The van der Waals surface area contributed by atoms with Gasteiger partial charge in [-0.25, -0.2) is 13.1 Å². The van der Waals surface area contributed by atoms with E-state index < -0.39 is 16.6 Å². The van der Waals surface area contributed by atoms with Crippen molar-refractivity contribution in [2.45, 2.75) is 36.9 Å². The van der Waals surface area contributed by atoms with Gasteiger partial charge in [-0.15, -0.1) is 11.3 Å². The van der Waals surface area contributed by atoms with E-state index in [1.807, 2.05) is 11.4 Å². The van der Waals surface area contributed by atoms with Crippen LogP contribution in [0.15, 0.2) is 46.7 Å². The van der Waals surface area contributed by atoms with E-state index in [9.17, 15) is 17.2 Å². The smallest absolute Gasteiger partial charge is 0.387 e. The molecule has 1 aliphatic heterocycles. The Morgan fingerprint density at radius 2 is 2.04 bits per heavy atom. The summed E-state index contributed by atoms with van der Waals surface area (Å²) in [6, 6.07) is 8.90. The lowest BCUT2D eigenvalue weighted by Gasteiger charge is -2.32. The molecule has 0 aliphatic carbocycles. The predicted molar refractivity (Wildman–Crippen MR) is 96.0 cm³/mol. The monoisotopic (exact) mass is 402 g/mol. The number of likely N-dealkylation sites (tertiary alicyclic amines) is 1. The number of rotatable bonds is 7. The van der Waals surface area contributed by atoms with Crippen molar-refractivity contribution in [2.24, 2.45) is 0 Å². The largest absolute Gasteiger partial charge is 0.435 e. The zero-order valence-electron chi connectivity index (χ0n) is 14.0. The Kier molecular flexibility index (Phi) is 6.23. The van der Waals surface area contributed by atoms with Crippen LogP contribution in [0.4, 0.5) is 8.78 Å². The molecule has 0 bridgehead atoms. The van der Waals surface area contributed by atoms with Gasteiger partial charge >= 0.3 is 6.61 Å². The van der Waals surface area contributed by atoms with Crippen molar-refractivity contribution in [3.05, 3.63) is 46.7 Å². The molecule has 2 heterocycles.